The van der Waals surface area contributed by atoms with Crippen molar-refractivity contribution in [1.82, 2.24) is 9.13 Å². The number of allylic oxidation sites excluding steroid dienone is 2. The number of fused-ring (bicyclic) bond motifs is 11. The summed E-state index contributed by atoms with van der Waals surface area (Å²) in [5.74, 6) is 0. The first-order valence-electron chi connectivity index (χ1n) is 19.7. The predicted octanol–water partition coefficient (Wildman–Crippen LogP) is 14.4. The molecule has 0 aliphatic heterocycles. The monoisotopic (exact) mass is 708 g/mol. The van der Waals surface area contributed by atoms with Crippen molar-refractivity contribution in [2.75, 3.05) is 0 Å². The molecular weight excluding hydrogens is 665 g/mol. The molecule has 55 heavy (non-hydrogen) atoms. The van der Waals surface area contributed by atoms with Crippen molar-refractivity contribution in [1.29, 1.82) is 0 Å². The molecular formula is C53H44N2. The Kier molecular flexibility index (Phi) is 7.78. The highest BCUT2D eigenvalue weighted by molar-refractivity contribution is 6.27. The lowest BCUT2D eigenvalue weighted by molar-refractivity contribution is 0.661. The highest BCUT2D eigenvalue weighted by Crippen LogP contribution is 2.54. The average Bonchev–Trinajstić information content (AvgIpc) is 3.80. The molecule has 2 aliphatic carbocycles. The maximum atomic E-state index is 3.36. The van der Waals surface area contributed by atoms with Crippen LogP contribution in [-0.2, 0) is 5.41 Å². The summed E-state index contributed by atoms with van der Waals surface area (Å²) in [4.78, 5) is 0. The van der Waals surface area contributed by atoms with Crippen molar-refractivity contribution in [3.8, 4) is 22.5 Å². The van der Waals surface area contributed by atoms with E-state index in [1.807, 2.05) is 6.92 Å². The van der Waals surface area contributed by atoms with E-state index in [-0.39, 0.29) is 5.41 Å². The quantitative estimate of drug-likeness (QED) is 0.161. The molecule has 2 heterocycles. The minimum absolute atomic E-state index is 0.0938. The van der Waals surface area contributed by atoms with Crippen LogP contribution in [0.3, 0.4) is 0 Å². The average molecular weight is 709 g/mol. The molecule has 9 aromatic rings. The number of hydrogen-bond donors (Lipinski definition) is 0. The second-order valence-electron chi connectivity index (χ2n) is 15.6. The number of rotatable bonds is 4. The van der Waals surface area contributed by atoms with Gasteiger partial charge >= 0.3 is 0 Å². The van der Waals surface area contributed by atoms with Gasteiger partial charge in [-0.25, -0.2) is 0 Å². The van der Waals surface area contributed by atoms with Gasteiger partial charge in [0.15, 0.2) is 0 Å². The van der Waals surface area contributed by atoms with Gasteiger partial charge in [0.2, 0.25) is 0 Å². The van der Waals surface area contributed by atoms with E-state index in [1.54, 1.807) is 11.6 Å². The number of hydrogen-bond acceptors (Lipinski definition) is 0. The molecule has 266 valence electrons. The van der Waals surface area contributed by atoms with E-state index in [4.69, 9.17) is 0 Å². The lowest BCUT2D eigenvalue weighted by Crippen LogP contribution is -2.14. The van der Waals surface area contributed by atoms with Crippen LogP contribution < -0.4 is 0 Å². The minimum atomic E-state index is -0.0938. The molecule has 0 bridgehead atoms. The van der Waals surface area contributed by atoms with E-state index < -0.39 is 0 Å². The molecule has 1 fully saturated rings. The fourth-order valence-electron chi connectivity index (χ4n) is 9.50. The molecule has 0 unspecified atom stereocenters. The third-order valence-corrected chi connectivity index (χ3v) is 12.1. The molecule has 2 nitrogen and oxygen atoms in total. The van der Waals surface area contributed by atoms with E-state index in [0.717, 1.165) is 0 Å². The Labute approximate surface area is 323 Å². The lowest BCUT2D eigenvalue weighted by Gasteiger charge is -2.23. The Morgan fingerprint density at radius 2 is 1.15 bits per heavy atom. The zero-order valence-electron chi connectivity index (χ0n) is 31.8. The second-order valence-corrected chi connectivity index (χ2v) is 15.6. The van der Waals surface area contributed by atoms with Gasteiger partial charge in [0, 0.05) is 43.9 Å². The van der Waals surface area contributed by atoms with Crippen molar-refractivity contribution in [2.24, 2.45) is 0 Å². The van der Waals surface area contributed by atoms with E-state index in [2.05, 4.69) is 187 Å². The molecule has 0 radical (unpaired) electrons. The summed E-state index contributed by atoms with van der Waals surface area (Å²) in [5.41, 5.74) is 18.4. The molecule has 0 amide bonds. The Balaban J connectivity index is 0.00000120. The first kappa shape index (κ1) is 33.2. The van der Waals surface area contributed by atoms with Crippen LogP contribution in [-0.4, -0.2) is 9.13 Å². The minimum Gasteiger partial charge on any atom is -0.309 e. The maximum absolute atomic E-state index is 3.36. The second kappa shape index (κ2) is 12.9. The largest absolute Gasteiger partial charge is 0.309 e. The molecule has 0 saturated heterocycles. The molecule has 0 atom stereocenters. The van der Waals surface area contributed by atoms with Gasteiger partial charge in [0.25, 0.3) is 0 Å². The number of aromatic nitrogens is 2. The van der Waals surface area contributed by atoms with Crippen molar-refractivity contribution < 1.29 is 0 Å². The summed E-state index contributed by atoms with van der Waals surface area (Å²) in [6, 6.07) is 58.8. The first-order chi connectivity index (χ1) is 27.0. The summed E-state index contributed by atoms with van der Waals surface area (Å²) in [5, 5.41) is 5.14. The predicted molar refractivity (Wildman–Crippen MR) is 235 cm³/mol. The third-order valence-electron chi connectivity index (χ3n) is 12.1. The summed E-state index contributed by atoms with van der Waals surface area (Å²) < 4.78 is 5.04. The number of para-hydroxylation sites is 2. The Morgan fingerprint density at radius 1 is 0.545 bits per heavy atom. The molecule has 2 heteroatoms. The molecule has 2 aliphatic rings. The Morgan fingerprint density at radius 3 is 1.87 bits per heavy atom. The van der Waals surface area contributed by atoms with Gasteiger partial charge in [0.1, 0.15) is 0 Å². The molecule has 11 rings (SSSR count). The molecule has 0 spiro atoms. The van der Waals surface area contributed by atoms with E-state index in [0.29, 0.717) is 0 Å². The van der Waals surface area contributed by atoms with Crippen LogP contribution in [0, 0.1) is 0 Å². The van der Waals surface area contributed by atoms with Gasteiger partial charge in [0.05, 0.1) is 22.1 Å². The van der Waals surface area contributed by atoms with E-state index in [9.17, 15) is 0 Å². The SMILES string of the molecule is C=CC.CC1(C)c2ccccc2-c2c1ccc1c3ccc4c(c5ccccc5n4-c4ccccc4)c3n(-c3ccc(C(=C4CCC4)c4ccccc4)cc3)c21. The Hall–Kier alpha value is -6.38. The van der Waals surface area contributed by atoms with Crippen LogP contribution in [0.1, 0.15) is 62.3 Å². The highest BCUT2D eigenvalue weighted by Gasteiger charge is 2.38. The van der Waals surface area contributed by atoms with Gasteiger partial charge in [-0.2, -0.15) is 0 Å². The topological polar surface area (TPSA) is 9.86 Å². The van der Waals surface area contributed by atoms with Gasteiger partial charge in [-0.05, 0) is 96.0 Å². The normalized spacial score (nSPS) is 14.1. The zero-order valence-corrected chi connectivity index (χ0v) is 31.8. The van der Waals surface area contributed by atoms with Crippen molar-refractivity contribution in [3.05, 3.63) is 198 Å². The van der Waals surface area contributed by atoms with Gasteiger partial charge in [-0.3, -0.25) is 0 Å². The fourth-order valence-corrected chi connectivity index (χ4v) is 9.50. The van der Waals surface area contributed by atoms with E-state index in [1.165, 1.54) is 113 Å². The lowest BCUT2D eigenvalue weighted by atomic mass is 9.82. The maximum Gasteiger partial charge on any atom is 0.0641 e. The summed E-state index contributed by atoms with van der Waals surface area (Å²) in [7, 11) is 0. The van der Waals surface area contributed by atoms with Crippen LogP contribution in [0.25, 0.3) is 71.7 Å². The summed E-state index contributed by atoms with van der Waals surface area (Å²) in [6.07, 6.45) is 5.40. The van der Waals surface area contributed by atoms with Crippen LogP contribution in [0.5, 0.6) is 0 Å². The van der Waals surface area contributed by atoms with Crippen molar-refractivity contribution >= 4 is 49.2 Å². The molecule has 1 saturated carbocycles. The molecule has 7 aromatic carbocycles. The number of benzene rings is 7. The van der Waals surface area contributed by atoms with Gasteiger partial charge in [-0.1, -0.05) is 147 Å². The molecule has 2 aromatic heterocycles. The van der Waals surface area contributed by atoms with Crippen LogP contribution in [0.4, 0.5) is 0 Å². The van der Waals surface area contributed by atoms with Crippen LogP contribution >= 0.6 is 0 Å². The zero-order chi connectivity index (χ0) is 37.3. The van der Waals surface area contributed by atoms with Crippen molar-refractivity contribution in [2.45, 2.75) is 45.4 Å². The summed E-state index contributed by atoms with van der Waals surface area (Å²) in [6.45, 7) is 10.0. The van der Waals surface area contributed by atoms with Crippen LogP contribution in [0.15, 0.2) is 176 Å². The highest BCUT2D eigenvalue weighted by atomic mass is 15.0. The van der Waals surface area contributed by atoms with Crippen molar-refractivity contribution in [3.63, 3.8) is 0 Å². The molecule has 0 N–H and O–H groups in total. The smallest absolute Gasteiger partial charge is 0.0641 e. The summed E-state index contributed by atoms with van der Waals surface area (Å²) >= 11 is 0. The van der Waals surface area contributed by atoms with Gasteiger partial charge < -0.3 is 9.13 Å². The third kappa shape index (κ3) is 4.94. The fraction of sp³-hybridized carbons (Fsp3) is 0.132. The van der Waals surface area contributed by atoms with Gasteiger partial charge in [-0.15, -0.1) is 6.58 Å². The number of nitrogens with zero attached hydrogens (tertiary/aromatic N) is 2. The van der Waals surface area contributed by atoms with Crippen LogP contribution in [0.2, 0.25) is 0 Å². The standard InChI is InChI=1S/C50H38N2.C3H6/c1-50(2)41-22-11-9-20-39(41)46-42(50)30-28-37-38-29-31-44-47(40-21-10-12-23-43(40)51(44)35-18-7-4-8-19-35)49(38)52(48(37)46)36-26-24-34(25-27-36)45(33-16-13-17-33)32-14-5-3-6-15-32;1-3-2/h3-12,14-15,18-31H,13,16-17H2,1-2H3;3H,1H2,2H3. The Bertz CT molecular complexity index is 2960. The van der Waals surface area contributed by atoms with E-state index >= 15 is 0 Å². The first-order valence-corrected chi connectivity index (χ1v) is 19.7.